The molecule has 0 radical (unpaired) electrons. The minimum absolute atomic E-state index is 0.485. The van der Waals surface area contributed by atoms with Gasteiger partial charge in [-0.25, -0.2) is 9.59 Å². The van der Waals surface area contributed by atoms with Gasteiger partial charge in [0.05, 0.1) is 0 Å². The number of rotatable bonds is 8. The van der Waals surface area contributed by atoms with Crippen LogP contribution >= 0.6 is 0 Å². The third-order valence-corrected chi connectivity index (χ3v) is 7.92. The SMILES string of the molecule is CCN(CC)C(=O)O[Si](OC(=O)N(CC)CC)(c1ccccc1)c1ccccc1. The van der Waals surface area contributed by atoms with Crippen LogP contribution in [0.1, 0.15) is 27.7 Å². The predicted octanol–water partition coefficient (Wildman–Crippen LogP) is 3.20. The van der Waals surface area contributed by atoms with Crippen LogP contribution < -0.4 is 10.4 Å². The van der Waals surface area contributed by atoms with Gasteiger partial charge in [0.2, 0.25) is 0 Å². The lowest BCUT2D eigenvalue weighted by atomic mass is 10.4. The van der Waals surface area contributed by atoms with Crippen LogP contribution in [0.15, 0.2) is 60.7 Å². The van der Waals surface area contributed by atoms with Crippen molar-refractivity contribution in [2.75, 3.05) is 26.2 Å². The van der Waals surface area contributed by atoms with E-state index in [-0.39, 0.29) is 0 Å². The van der Waals surface area contributed by atoms with E-state index in [2.05, 4.69) is 0 Å². The van der Waals surface area contributed by atoms with Gasteiger partial charge in [-0.15, -0.1) is 0 Å². The van der Waals surface area contributed by atoms with Crippen LogP contribution in [0.25, 0.3) is 0 Å². The zero-order chi connectivity index (χ0) is 21.3. The van der Waals surface area contributed by atoms with Gasteiger partial charge in [-0.1, -0.05) is 60.7 Å². The molecule has 7 heteroatoms. The number of carbonyl (C=O) groups is 2. The standard InChI is InChI=1S/C22H30N2O4Si/c1-5-23(6-2)21(25)27-29(19-15-11-9-12-16-19,20-17-13-10-14-18-20)28-22(26)24(7-3)8-4/h9-18H,5-8H2,1-4H3. The largest absolute Gasteiger partial charge is 0.537 e. The highest BCUT2D eigenvalue weighted by Gasteiger charge is 2.51. The molecule has 6 nitrogen and oxygen atoms in total. The third-order valence-electron chi connectivity index (χ3n) is 4.81. The van der Waals surface area contributed by atoms with Gasteiger partial charge in [0.25, 0.3) is 0 Å². The molecule has 0 aliphatic heterocycles. The first-order valence-electron chi connectivity index (χ1n) is 10.1. The summed E-state index contributed by atoms with van der Waals surface area (Å²) < 4.78 is 12.2. The maximum atomic E-state index is 13.0. The number of hydrogen-bond donors (Lipinski definition) is 0. The first-order valence-corrected chi connectivity index (χ1v) is 11.9. The molecule has 29 heavy (non-hydrogen) atoms. The smallest absolute Gasteiger partial charge is 0.461 e. The molecule has 0 saturated heterocycles. The number of amides is 2. The molecule has 156 valence electrons. The van der Waals surface area contributed by atoms with Crippen LogP contribution in [0.4, 0.5) is 9.59 Å². The monoisotopic (exact) mass is 414 g/mol. The molecule has 0 unspecified atom stereocenters. The first-order chi connectivity index (χ1) is 14.0. The first kappa shape index (κ1) is 22.5. The summed E-state index contributed by atoms with van der Waals surface area (Å²) in [5.74, 6) is 0. The average molecular weight is 415 g/mol. The molecule has 0 bridgehead atoms. The summed E-state index contributed by atoms with van der Waals surface area (Å²) >= 11 is 0. The Labute approximate surface area is 174 Å². The summed E-state index contributed by atoms with van der Waals surface area (Å²) in [6.45, 7) is 9.59. The van der Waals surface area contributed by atoms with Crippen molar-refractivity contribution in [1.82, 2.24) is 9.80 Å². The zero-order valence-corrected chi connectivity index (χ0v) is 18.6. The van der Waals surface area contributed by atoms with Crippen LogP contribution in [-0.2, 0) is 8.85 Å². The summed E-state index contributed by atoms with van der Waals surface area (Å²) in [7, 11) is -3.65. The summed E-state index contributed by atoms with van der Waals surface area (Å²) in [6.07, 6.45) is -0.969. The Morgan fingerprint density at radius 1 is 0.655 bits per heavy atom. The van der Waals surface area contributed by atoms with E-state index in [4.69, 9.17) is 8.85 Å². The van der Waals surface area contributed by atoms with E-state index in [0.29, 0.717) is 36.6 Å². The molecule has 0 spiro atoms. The second-order valence-electron chi connectivity index (χ2n) is 6.43. The molecule has 0 atom stereocenters. The van der Waals surface area contributed by atoms with E-state index < -0.39 is 20.7 Å². The van der Waals surface area contributed by atoms with Crippen molar-refractivity contribution < 1.29 is 18.4 Å². The van der Waals surface area contributed by atoms with Crippen LogP contribution in [0.5, 0.6) is 0 Å². The normalized spacial score (nSPS) is 10.9. The molecular weight excluding hydrogens is 384 g/mol. The van der Waals surface area contributed by atoms with Crippen LogP contribution in [0.2, 0.25) is 0 Å². The molecule has 2 rings (SSSR count). The van der Waals surface area contributed by atoms with Gasteiger partial charge in [0.1, 0.15) is 0 Å². The molecule has 2 aromatic rings. The van der Waals surface area contributed by atoms with Crippen LogP contribution in [0, 0.1) is 0 Å². The van der Waals surface area contributed by atoms with Crippen molar-refractivity contribution in [1.29, 1.82) is 0 Å². The maximum Gasteiger partial charge on any atom is 0.537 e. The molecule has 0 saturated carbocycles. The molecule has 2 aromatic carbocycles. The highest BCUT2D eigenvalue weighted by atomic mass is 28.4. The van der Waals surface area contributed by atoms with Crippen molar-refractivity contribution >= 4 is 31.1 Å². The quantitative estimate of drug-likeness (QED) is 0.623. The summed E-state index contributed by atoms with van der Waals surface area (Å²) in [4.78, 5) is 29.1. The van der Waals surface area contributed by atoms with E-state index in [9.17, 15) is 9.59 Å². The van der Waals surface area contributed by atoms with Gasteiger partial charge in [-0.2, -0.15) is 0 Å². The minimum atomic E-state index is -3.65. The Morgan fingerprint density at radius 3 is 1.24 bits per heavy atom. The maximum absolute atomic E-state index is 13.0. The lowest BCUT2D eigenvalue weighted by molar-refractivity contribution is 0.126. The van der Waals surface area contributed by atoms with E-state index in [1.165, 1.54) is 0 Å². The zero-order valence-electron chi connectivity index (χ0n) is 17.6. The lowest BCUT2D eigenvalue weighted by Crippen LogP contribution is -2.66. The highest BCUT2D eigenvalue weighted by molar-refractivity contribution is 6.94. The molecule has 0 heterocycles. The number of hydrogen-bond acceptors (Lipinski definition) is 4. The molecule has 0 aliphatic carbocycles. The van der Waals surface area contributed by atoms with Crippen molar-refractivity contribution in [3.8, 4) is 0 Å². The van der Waals surface area contributed by atoms with Crippen LogP contribution in [-0.4, -0.2) is 56.7 Å². The van der Waals surface area contributed by atoms with E-state index in [1.54, 1.807) is 9.80 Å². The Bertz CT molecular complexity index is 710. The van der Waals surface area contributed by atoms with Gasteiger partial charge in [-0.3, -0.25) is 0 Å². The average Bonchev–Trinajstić information content (AvgIpc) is 2.76. The van der Waals surface area contributed by atoms with Crippen molar-refractivity contribution in [3.63, 3.8) is 0 Å². The molecule has 0 aliphatic rings. The Balaban J connectivity index is 2.62. The Morgan fingerprint density at radius 2 is 0.966 bits per heavy atom. The number of carbonyl (C=O) groups excluding carboxylic acids is 2. The van der Waals surface area contributed by atoms with Crippen molar-refractivity contribution in [2.24, 2.45) is 0 Å². The molecule has 0 fully saturated rings. The Hall–Kier alpha value is -2.80. The summed E-state index contributed by atoms with van der Waals surface area (Å²) in [5, 5.41) is 1.40. The van der Waals surface area contributed by atoms with Crippen molar-refractivity contribution in [3.05, 3.63) is 60.7 Å². The molecule has 0 aromatic heterocycles. The minimum Gasteiger partial charge on any atom is -0.461 e. The fourth-order valence-electron chi connectivity index (χ4n) is 3.08. The third kappa shape index (κ3) is 5.17. The topological polar surface area (TPSA) is 59.1 Å². The summed E-state index contributed by atoms with van der Waals surface area (Å²) in [5.41, 5.74) is 0. The second kappa shape index (κ2) is 10.7. The van der Waals surface area contributed by atoms with Gasteiger partial charge < -0.3 is 18.7 Å². The van der Waals surface area contributed by atoms with Gasteiger partial charge in [-0.05, 0) is 27.7 Å². The summed E-state index contributed by atoms with van der Waals surface area (Å²) in [6, 6.07) is 18.6. The fraction of sp³-hybridized carbons (Fsp3) is 0.364. The highest BCUT2D eigenvalue weighted by Crippen LogP contribution is 2.14. The van der Waals surface area contributed by atoms with Crippen molar-refractivity contribution in [2.45, 2.75) is 27.7 Å². The van der Waals surface area contributed by atoms with Crippen LogP contribution in [0.3, 0.4) is 0 Å². The molecule has 2 amide bonds. The number of nitrogens with zero attached hydrogens (tertiary/aromatic N) is 2. The van der Waals surface area contributed by atoms with E-state index in [0.717, 1.165) is 0 Å². The van der Waals surface area contributed by atoms with Gasteiger partial charge in [0.15, 0.2) is 0 Å². The van der Waals surface area contributed by atoms with E-state index in [1.807, 2.05) is 88.4 Å². The number of benzene rings is 2. The molecular formula is C22H30N2O4Si. The van der Waals surface area contributed by atoms with E-state index >= 15 is 0 Å². The van der Waals surface area contributed by atoms with Gasteiger partial charge in [0, 0.05) is 36.6 Å². The lowest BCUT2D eigenvalue weighted by Gasteiger charge is -2.34. The predicted molar refractivity (Wildman–Crippen MR) is 117 cm³/mol. The fourth-order valence-corrected chi connectivity index (χ4v) is 5.94. The second-order valence-corrected chi connectivity index (χ2v) is 9.23. The van der Waals surface area contributed by atoms with Gasteiger partial charge >= 0.3 is 20.7 Å². The molecule has 0 N–H and O–H groups in total. The Kier molecular flexibility index (Phi) is 8.27.